The van der Waals surface area contributed by atoms with Gasteiger partial charge in [0.05, 0.1) is 29.2 Å². The van der Waals surface area contributed by atoms with Crippen molar-refractivity contribution in [2.75, 3.05) is 24.6 Å². The SMILES string of the molecule is C=CCN(C(=O)[C@@H]1[C@@H]2CCC3(S2)C(C(=O)N(CC=C)C2CCCCC2)N([C@@H](CO)C(C)C)C(=O)[C@H]13)c1ccccc1. The number of carbonyl (C=O) groups is 3. The van der Waals surface area contributed by atoms with E-state index < -0.39 is 28.7 Å². The van der Waals surface area contributed by atoms with Crippen LogP contribution in [-0.2, 0) is 14.4 Å². The summed E-state index contributed by atoms with van der Waals surface area (Å²) in [5.74, 6) is -1.46. The van der Waals surface area contributed by atoms with Gasteiger partial charge in [0.25, 0.3) is 0 Å². The zero-order valence-electron chi connectivity index (χ0n) is 24.5. The van der Waals surface area contributed by atoms with Crippen molar-refractivity contribution in [3.63, 3.8) is 0 Å². The number of para-hydroxylation sites is 1. The highest BCUT2D eigenvalue weighted by atomic mass is 32.2. The number of aliphatic hydroxyl groups excluding tert-OH is 1. The molecule has 0 aromatic heterocycles. The third kappa shape index (κ3) is 5.05. The topological polar surface area (TPSA) is 81.2 Å². The Hall–Kier alpha value is -2.58. The van der Waals surface area contributed by atoms with Crippen molar-refractivity contribution in [2.24, 2.45) is 17.8 Å². The molecule has 3 saturated heterocycles. The van der Waals surface area contributed by atoms with Crippen molar-refractivity contribution in [1.29, 1.82) is 0 Å². The highest BCUT2D eigenvalue weighted by Crippen LogP contribution is 2.67. The monoisotopic (exact) mass is 579 g/mol. The smallest absolute Gasteiger partial charge is 0.247 e. The van der Waals surface area contributed by atoms with Crippen LogP contribution in [0, 0.1) is 17.8 Å². The summed E-state index contributed by atoms with van der Waals surface area (Å²) in [5, 5.41) is 10.5. The maximum absolute atomic E-state index is 14.8. The minimum Gasteiger partial charge on any atom is -0.394 e. The van der Waals surface area contributed by atoms with Gasteiger partial charge in [-0.1, -0.05) is 63.5 Å². The first-order chi connectivity index (χ1) is 19.8. The molecular formula is C33H45N3O4S. The van der Waals surface area contributed by atoms with Crippen LogP contribution < -0.4 is 4.90 Å². The molecule has 3 heterocycles. The first-order valence-corrected chi connectivity index (χ1v) is 16.2. The van der Waals surface area contributed by atoms with Crippen LogP contribution in [0.15, 0.2) is 55.6 Å². The van der Waals surface area contributed by atoms with E-state index in [0.717, 1.165) is 37.8 Å². The summed E-state index contributed by atoms with van der Waals surface area (Å²) < 4.78 is -0.688. The van der Waals surface area contributed by atoms with Crippen molar-refractivity contribution in [2.45, 2.75) is 86.9 Å². The van der Waals surface area contributed by atoms with Gasteiger partial charge in [0.2, 0.25) is 17.7 Å². The molecule has 1 N–H and O–H groups in total. The van der Waals surface area contributed by atoms with Gasteiger partial charge in [-0.15, -0.1) is 24.9 Å². The fourth-order valence-corrected chi connectivity index (χ4v) is 10.2. The lowest BCUT2D eigenvalue weighted by Crippen LogP contribution is -2.60. The van der Waals surface area contributed by atoms with E-state index in [2.05, 4.69) is 13.2 Å². The van der Waals surface area contributed by atoms with Crippen LogP contribution in [0.4, 0.5) is 5.69 Å². The number of aliphatic hydroxyl groups is 1. The molecule has 7 nitrogen and oxygen atoms in total. The molecule has 8 heteroatoms. The lowest BCUT2D eigenvalue weighted by Gasteiger charge is -2.43. The summed E-state index contributed by atoms with van der Waals surface area (Å²) in [5.41, 5.74) is 0.777. The molecule has 41 heavy (non-hydrogen) atoms. The second kappa shape index (κ2) is 12.3. The number of anilines is 1. The minimum absolute atomic E-state index is 0.0286. The number of hydrogen-bond donors (Lipinski definition) is 1. The molecule has 222 valence electrons. The van der Waals surface area contributed by atoms with E-state index in [1.165, 1.54) is 6.42 Å². The molecule has 6 atom stereocenters. The Morgan fingerprint density at radius 1 is 1.07 bits per heavy atom. The number of likely N-dealkylation sites (tertiary alicyclic amines) is 1. The van der Waals surface area contributed by atoms with Gasteiger partial charge in [-0.2, -0.15) is 0 Å². The van der Waals surface area contributed by atoms with Crippen molar-refractivity contribution in [1.82, 2.24) is 9.80 Å². The number of benzene rings is 1. The summed E-state index contributed by atoms with van der Waals surface area (Å²) >= 11 is 1.69. The molecule has 1 spiro atoms. The molecule has 1 aromatic rings. The van der Waals surface area contributed by atoms with E-state index in [-0.39, 0.29) is 41.5 Å². The van der Waals surface area contributed by atoms with Crippen LogP contribution in [0.1, 0.15) is 58.8 Å². The van der Waals surface area contributed by atoms with Crippen LogP contribution in [0.5, 0.6) is 0 Å². The molecule has 0 radical (unpaired) electrons. The number of rotatable bonds is 11. The molecule has 1 aromatic carbocycles. The van der Waals surface area contributed by atoms with Crippen LogP contribution >= 0.6 is 11.8 Å². The zero-order chi connectivity index (χ0) is 29.3. The summed E-state index contributed by atoms with van der Waals surface area (Å²) in [6, 6.07) is 8.45. The Labute approximate surface area is 249 Å². The number of hydrogen-bond acceptors (Lipinski definition) is 5. The fourth-order valence-electron chi connectivity index (χ4n) is 7.98. The van der Waals surface area contributed by atoms with Crippen LogP contribution in [-0.4, -0.2) is 80.4 Å². The lowest BCUT2D eigenvalue weighted by atomic mass is 9.70. The molecule has 4 fully saturated rings. The van der Waals surface area contributed by atoms with E-state index in [0.29, 0.717) is 19.5 Å². The normalized spacial score (nSPS) is 29.9. The van der Waals surface area contributed by atoms with Crippen molar-refractivity contribution in [3.05, 3.63) is 55.6 Å². The molecule has 5 rings (SSSR count). The van der Waals surface area contributed by atoms with E-state index in [4.69, 9.17) is 0 Å². The quantitative estimate of drug-likeness (QED) is 0.386. The first-order valence-electron chi connectivity index (χ1n) is 15.3. The van der Waals surface area contributed by atoms with Crippen LogP contribution in [0.2, 0.25) is 0 Å². The van der Waals surface area contributed by atoms with Gasteiger partial charge in [-0.25, -0.2) is 0 Å². The van der Waals surface area contributed by atoms with Gasteiger partial charge in [0.15, 0.2) is 0 Å². The number of thioether (sulfide) groups is 1. The molecular weight excluding hydrogens is 534 g/mol. The zero-order valence-corrected chi connectivity index (χ0v) is 25.3. The highest BCUT2D eigenvalue weighted by molar-refractivity contribution is 8.02. The Bertz CT molecular complexity index is 1150. The molecule has 1 aliphatic carbocycles. The Balaban J connectivity index is 1.57. The first kappa shape index (κ1) is 29.9. The molecule has 3 amide bonds. The van der Waals surface area contributed by atoms with Gasteiger partial charge >= 0.3 is 0 Å². The predicted molar refractivity (Wildman–Crippen MR) is 164 cm³/mol. The van der Waals surface area contributed by atoms with E-state index in [9.17, 15) is 19.5 Å². The van der Waals surface area contributed by atoms with Gasteiger partial charge < -0.3 is 19.8 Å². The molecule has 4 aliphatic rings. The number of fused-ring (bicyclic) bond motifs is 1. The summed E-state index contributed by atoms with van der Waals surface area (Å²) in [7, 11) is 0. The maximum atomic E-state index is 14.8. The summed E-state index contributed by atoms with van der Waals surface area (Å²) in [6.45, 7) is 12.4. The van der Waals surface area contributed by atoms with E-state index in [1.54, 1.807) is 33.7 Å². The Morgan fingerprint density at radius 2 is 1.76 bits per heavy atom. The van der Waals surface area contributed by atoms with Crippen molar-refractivity contribution >= 4 is 35.2 Å². The maximum Gasteiger partial charge on any atom is 0.247 e. The Kier molecular flexibility index (Phi) is 9.00. The predicted octanol–water partition coefficient (Wildman–Crippen LogP) is 4.66. The number of carbonyl (C=O) groups excluding carboxylic acids is 3. The molecule has 2 bridgehead atoms. The van der Waals surface area contributed by atoms with E-state index in [1.807, 2.05) is 49.1 Å². The summed E-state index contributed by atoms with van der Waals surface area (Å²) in [6.07, 6.45) is 10.3. The third-order valence-electron chi connectivity index (χ3n) is 9.84. The molecule has 3 aliphatic heterocycles. The number of amides is 3. The van der Waals surface area contributed by atoms with Gasteiger partial charge in [-0.3, -0.25) is 14.4 Å². The van der Waals surface area contributed by atoms with Crippen molar-refractivity contribution in [3.8, 4) is 0 Å². The average Bonchev–Trinajstić information content (AvgIpc) is 3.63. The van der Waals surface area contributed by atoms with Gasteiger partial charge in [0.1, 0.15) is 6.04 Å². The standard InChI is InChI=1S/C33H45N3O4S/c1-5-19-34(23-13-9-7-10-14-23)30(38)27-26-17-18-33(41-26)28(27)31(39)36(25(21-37)22(3)4)29(33)32(40)35(20-6-2)24-15-11-8-12-16-24/h5-7,9-10,13-14,22,24-29,37H,1-2,8,11-12,15-21H2,3-4H3/t25-,26-,27+,28-,29?,33?/m0/s1. The van der Waals surface area contributed by atoms with Gasteiger partial charge in [0, 0.05) is 30.1 Å². The third-order valence-corrected chi connectivity index (χ3v) is 11.8. The van der Waals surface area contributed by atoms with Crippen molar-refractivity contribution < 1.29 is 19.5 Å². The Morgan fingerprint density at radius 3 is 2.37 bits per heavy atom. The highest BCUT2D eigenvalue weighted by Gasteiger charge is 2.75. The number of nitrogens with zero attached hydrogens (tertiary/aromatic N) is 3. The van der Waals surface area contributed by atoms with E-state index >= 15 is 0 Å². The average molecular weight is 580 g/mol. The lowest BCUT2D eigenvalue weighted by molar-refractivity contribution is -0.148. The minimum atomic E-state index is -0.709. The second-order valence-electron chi connectivity index (χ2n) is 12.4. The largest absolute Gasteiger partial charge is 0.394 e. The van der Waals surface area contributed by atoms with Gasteiger partial charge in [-0.05, 0) is 43.7 Å². The van der Waals surface area contributed by atoms with Crippen LogP contribution in [0.25, 0.3) is 0 Å². The molecule has 1 saturated carbocycles. The second-order valence-corrected chi connectivity index (χ2v) is 14.0. The fraction of sp³-hybridized carbons (Fsp3) is 0.606. The summed E-state index contributed by atoms with van der Waals surface area (Å²) in [4.78, 5) is 49.2. The van der Waals surface area contributed by atoms with Crippen LogP contribution in [0.3, 0.4) is 0 Å². The molecule has 2 unspecified atom stereocenters.